The van der Waals surface area contributed by atoms with Gasteiger partial charge in [-0.25, -0.2) is 9.78 Å². The summed E-state index contributed by atoms with van der Waals surface area (Å²) in [5.41, 5.74) is -0.172. The van der Waals surface area contributed by atoms with Crippen molar-refractivity contribution >= 4 is 17.3 Å². The number of hydrogen-bond acceptors (Lipinski definition) is 6. The molecule has 1 heterocycles. The van der Waals surface area contributed by atoms with Gasteiger partial charge >= 0.3 is 5.97 Å². The van der Waals surface area contributed by atoms with Gasteiger partial charge in [-0.3, -0.25) is 14.8 Å². The highest BCUT2D eigenvalue weighted by atomic mass is 16.6. The smallest absolute Gasteiger partial charge is 0.338 e. The Labute approximate surface area is 113 Å². The number of aryl methyl sites for hydroxylation is 1. The highest BCUT2D eigenvalue weighted by Crippen LogP contribution is 2.22. The number of aromatic carboxylic acids is 1. The molecule has 0 saturated carbocycles. The summed E-state index contributed by atoms with van der Waals surface area (Å²) in [4.78, 5) is 25.1. The number of carboxylic acid groups (broad SMARTS) is 1. The van der Waals surface area contributed by atoms with Crippen LogP contribution >= 0.6 is 0 Å². The normalized spacial score (nSPS) is 10.2. The van der Waals surface area contributed by atoms with Gasteiger partial charge in [-0.15, -0.1) is 0 Å². The van der Waals surface area contributed by atoms with Crippen molar-refractivity contribution in [3.63, 3.8) is 0 Å². The van der Waals surface area contributed by atoms with Crippen molar-refractivity contribution in [3.05, 3.63) is 46.0 Å². The Morgan fingerprint density at radius 3 is 2.85 bits per heavy atom. The third-order valence-electron chi connectivity index (χ3n) is 2.53. The average Bonchev–Trinajstić information content (AvgIpc) is 2.81. The van der Waals surface area contributed by atoms with Crippen molar-refractivity contribution in [3.8, 4) is 0 Å². The largest absolute Gasteiger partial charge is 0.478 e. The van der Waals surface area contributed by atoms with E-state index in [4.69, 9.17) is 5.11 Å². The van der Waals surface area contributed by atoms with Crippen LogP contribution in [0.1, 0.15) is 16.2 Å². The topological polar surface area (TPSA) is 123 Å². The van der Waals surface area contributed by atoms with Gasteiger partial charge in [0.25, 0.3) is 5.69 Å². The van der Waals surface area contributed by atoms with Crippen molar-refractivity contribution in [2.75, 3.05) is 5.32 Å². The van der Waals surface area contributed by atoms with Gasteiger partial charge in [0.1, 0.15) is 6.33 Å². The zero-order chi connectivity index (χ0) is 14.7. The van der Waals surface area contributed by atoms with Gasteiger partial charge in [0.15, 0.2) is 5.82 Å². The molecule has 0 bridgehead atoms. The molecule has 0 saturated heterocycles. The maximum absolute atomic E-state index is 11.1. The zero-order valence-electron chi connectivity index (χ0n) is 10.5. The van der Waals surface area contributed by atoms with Crippen LogP contribution in [-0.2, 0) is 13.6 Å². The molecule has 20 heavy (non-hydrogen) atoms. The van der Waals surface area contributed by atoms with Crippen molar-refractivity contribution in [2.24, 2.45) is 7.05 Å². The van der Waals surface area contributed by atoms with Crippen molar-refractivity contribution < 1.29 is 14.8 Å². The van der Waals surface area contributed by atoms with E-state index in [-0.39, 0.29) is 23.5 Å². The fourth-order valence-corrected chi connectivity index (χ4v) is 1.62. The maximum Gasteiger partial charge on any atom is 0.338 e. The van der Waals surface area contributed by atoms with Crippen molar-refractivity contribution in [1.29, 1.82) is 0 Å². The standard InChI is InChI=1S/C11H11N5O4/c1-15-6-13-10(14-15)5-12-9-3-2-7(16(19)20)4-8(9)11(17)18/h2-4,6,12H,5H2,1H3,(H,17,18). The van der Waals surface area contributed by atoms with E-state index in [0.717, 1.165) is 6.07 Å². The van der Waals surface area contributed by atoms with Crippen LogP contribution in [0.2, 0.25) is 0 Å². The predicted octanol–water partition coefficient (Wildman–Crippen LogP) is 1.03. The third-order valence-corrected chi connectivity index (χ3v) is 2.53. The molecule has 104 valence electrons. The fraction of sp³-hybridized carbons (Fsp3) is 0.182. The van der Waals surface area contributed by atoms with Crippen LogP contribution in [0.5, 0.6) is 0 Å². The summed E-state index contributed by atoms with van der Waals surface area (Å²) in [6.45, 7) is 0.221. The molecular weight excluding hydrogens is 266 g/mol. The molecular formula is C11H11N5O4. The molecule has 0 aliphatic heterocycles. The van der Waals surface area contributed by atoms with Crippen LogP contribution in [0.15, 0.2) is 24.5 Å². The number of aromatic nitrogens is 3. The summed E-state index contributed by atoms with van der Waals surface area (Å²) >= 11 is 0. The van der Waals surface area contributed by atoms with E-state index in [2.05, 4.69) is 15.4 Å². The van der Waals surface area contributed by atoms with Crippen LogP contribution in [0.3, 0.4) is 0 Å². The molecule has 0 unspecified atom stereocenters. The van der Waals surface area contributed by atoms with E-state index < -0.39 is 10.9 Å². The van der Waals surface area contributed by atoms with Gasteiger partial charge in [0.05, 0.1) is 17.0 Å². The van der Waals surface area contributed by atoms with Crippen LogP contribution in [-0.4, -0.2) is 30.8 Å². The Hall–Kier alpha value is -2.97. The van der Waals surface area contributed by atoms with Crippen LogP contribution in [0.4, 0.5) is 11.4 Å². The van der Waals surface area contributed by atoms with Gasteiger partial charge in [-0.2, -0.15) is 5.10 Å². The SMILES string of the molecule is Cn1cnc(CNc2ccc([N+](=O)[O-])cc2C(=O)O)n1. The Morgan fingerprint density at radius 2 is 2.30 bits per heavy atom. The minimum Gasteiger partial charge on any atom is -0.478 e. The molecule has 0 atom stereocenters. The van der Waals surface area contributed by atoms with Crippen molar-refractivity contribution in [1.82, 2.24) is 14.8 Å². The van der Waals surface area contributed by atoms with Crippen LogP contribution in [0.25, 0.3) is 0 Å². The number of carboxylic acids is 1. The summed E-state index contributed by atoms with van der Waals surface area (Å²) < 4.78 is 1.52. The van der Waals surface area contributed by atoms with Crippen molar-refractivity contribution in [2.45, 2.75) is 6.54 Å². The summed E-state index contributed by atoms with van der Waals surface area (Å²) in [6, 6.07) is 3.60. The van der Waals surface area contributed by atoms with Crippen LogP contribution < -0.4 is 5.32 Å². The molecule has 0 spiro atoms. The van der Waals surface area contributed by atoms with Gasteiger partial charge < -0.3 is 10.4 Å². The molecule has 2 N–H and O–H groups in total. The Bertz CT molecular complexity index is 667. The average molecular weight is 277 g/mol. The van der Waals surface area contributed by atoms with Gasteiger partial charge in [-0.05, 0) is 6.07 Å². The van der Waals surface area contributed by atoms with E-state index in [0.29, 0.717) is 5.82 Å². The number of nitrogens with zero attached hydrogens (tertiary/aromatic N) is 4. The van der Waals surface area contributed by atoms with E-state index >= 15 is 0 Å². The molecule has 2 rings (SSSR count). The highest BCUT2D eigenvalue weighted by Gasteiger charge is 2.16. The molecule has 0 aliphatic rings. The summed E-state index contributed by atoms with van der Waals surface area (Å²) in [5, 5.41) is 26.6. The number of hydrogen-bond donors (Lipinski definition) is 2. The Morgan fingerprint density at radius 1 is 1.55 bits per heavy atom. The first-order valence-electron chi connectivity index (χ1n) is 5.57. The summed E-state index contributed by atoms with van der Waals surface area (Å²) in [7, 11) is 1.71. The Kier molecular flexibility index (Phi) is 3.60. The number of nitro benzene ring substituents is 1. The molecule has 0 amide bonds. The number of carbonyl (C=O) groups is 1. The number of benzene rings is 1. The molecule has 2 aromatic rings. The first kappa shape index (κ1) is 13.5. The summed E-state index contributed by atoms with van der Waals surface area (Å²) in [5.74, 6) is -0.757. The number of anilines is 1. The minimum atomic E-state index is -1.25. The lowest BCUT2D eigenvalue weighted by molar-refractivity contribution is -0.384. The fourth-order valence-electron chi connectivity index (χ4n) is 1.62. The second-order valence-electron chi connectivity index (χ2n) is 3.98. The quantitative estimate of drug-likeness (QED) is 0.618. The molecule has 9 nitrogen and oxygen atoms in total. The molecule has 1 aromatic carbocycles. The number of nitro groups is 1. The lowest BCUT2D eigenvalue weighted by Gasteiger charge is -2.07. The van der Waals surface area contributed by atoms with Gasteiger partial charge in [-0.1, -0.05) is 0 Å². The monoisotopic (exact) mass is 277 g/mol. The number of nitrogens with one attached hydrogen (secondary N) is 1. The second-order valence-corrected chi connectivity index (χ2v) is 3.98. The highest BCUT2D eigenvalue weighted by molar-refractivity contribution is 5.95. The van der Waals surface area contributed by atoms with E-state index in [1.807, 2.05) is 0 Å². The van der Waals surface area contributed by atoms with E-state index in [9.17, 15) is 14.9 Å². The minimum absolute atomic E-state index is 0.171. The van der Waals surface area contributed by atoms with Gasteiger partial charge in [0, 0.05) is 24.9 Å². The molecule has 0 fully saturated rings. The van der Waals surface area contributed by atoms with Crippen LogP contribution in [0, 0.1) is 10.1 Å². The van der Waals surface area contributed by atoms with E-state index in [1.165, 1.54) is 23.1 Å². The first-order valence-corrected chi connectivity index (χ1v) is 5.57. The molecule has 0 aliphatic carbocycles. The Balaban J connectivity index is 2.22. The number of non-ortho nitro benzene ring substituents is 1. The maximum atomic E-state index is 11.1. The lowest BCUT2D eigenvalue weighted by Crippen LogP contribution is -2.08. The zero-order valence-corrected chi connectivity index (χ0v) is 10.5. The number of rotatable bonds is 5. The predicted molar refractivity (Wildman–Crippen MR) is 68.4 cm³/mol. The molecule has 0 radical (unpaired) electrons. The first-order chi connectivity index (χ1) is 9.47. The van der Waals surface area contributed by atoms with E-state index in [1.54, 1.807) is 7.05 Å². The second kappa shape index (κ2) is 5.34. The summed E-state index contributed by atoms with van der Waals surface area (Å²) in [6.07, 6.45) is 1.52. The third kappa shape index (κ3) is 2.88. The molecule has 1 aromatic heterocycles. The molecule has 9 heteroatoms. The lowest BCUT2D eigenvalue weighted by atomic mass is 10.1. The van der Waals surface area contributed by atoms with Gasteiger partial charge in [0.2, 0.25) is 0 Å².